The molecule has 0 amide bonds. The molecule has 1 N–H and O–H groups in total. The number of H-pyrrole nitrogens is 1. The molecule has 1 aromatic heterocycles. The minimum atomic E-state index is -1.30. The lowest BCUT2D eigenvalue weighted by molar-refractivity contribution is -0.254. The van der Waals surface area contributed by atoms with Crippen molar-refractivity contribution < 1.29 is 23.9 Å². The molecule has 0 aliphatic carbocycles. The number of nitrogens with one attached hydrogen (secondary N) is 1. The maximum atomic E-state index is 13.2. The van der Waals surface area contributed by atoms with Crippen molar-refractivity contribution in [3.05, 3.63) is 71.9 Å². The first-order valence-electron chi connectivity index (χ1n) is 10.5. The van der Waals surface area contributed by atoms with Gasteiger partial charge in [-0.1, -0.05) is 48.5 Å². The fraction of sp³-hybridized carbons (Fsp3) is 0.333. The molecular formula is C24H24N2O5. The number of nitrogens with zero attached hydrogens (tertiary/aromatic N) is 1. The number of para-hydroxylation sites is 1. The van der Waals surface area contributed by atoms with Crippen LogP contribution in [-0.4, -0.2) is 46.8 Å². The molecule has 0 radical (unpaired) electrons. The number of carbonyl (C=O) groups excluding carboxylic acids is 2. The molecule has 2 aliphatic rings. The summed E-state index contributed by atoms with van der Waals surface area (Å²) >= 11 is 0. The molecule has 7 nitrogen and oxygen atoms in total. The van der Waals surface area contributed by atoms with Crippen LogP contribution in [0.4, 0.5) is 0 Å². The minimum absolute atomic E-state index is 0.172. The van der Waals surface area contributed by atoms with Gasteiger partial charge in [0.15, 0.2) is 5.60 Å². The normalized spacial score (nSPS) is 25.9. The number of hydrogen-bond donors (Lipinski definition) is 1. The van der Waals surface area contributed by atoms with E-state index in [1.807, 2.05) is 60.8 Å². The van der Waals surface area contributed by atoms with E-state index in [4.69, 9.17) is 14.3 Å². The number of esters is 2. The first-order valence-corrected chi connectivity index (χ1v) is 10.5. The van der Waals surface area contributed by atoms with Crippen LogP contribution in [0.2, 0.25) is 0 Å². The van der Waals surface area contributed by atoms with Crippen molar-refractivity contribution in [3.8, 4) is 0 Å². The van der Waals surface area contributed by atoms with Gasteiger partial charge in [-0.05, 0) is 24.1 Å². The molecule has 3 atom stereocenters. The van der Waals surface area contributed by atoms with E-state index in [9.17, 15) is 9.59 Å². The van der Waals surface area contributed by atoms with E-state index in [1.54, 1.807) is 12.0 Å². The molecule has 3 unspecified atom stereocenters. The van der Waals surface area contributed by atoms with E-state index in [-0.39, 0.29) is 38.1 Å². The number of hydrogen-bond acceptors (Lipinski definition) is 6. The fourth-order valence-corrected chi connectivity index (χ4v) is 4.57. The lowest BCUT2D eigenvalue weighted by Crippen LogP contribution is -2.46. The molecule has 3 heterocycles. The number of ether oxygens (including phenoxy) is 2. The first kappa shape index (κ1) is 19.8. The summed E-state index contributed by atoms with van der Waals surface area (Å²) in [6, 6.07) is 16.7. The van der Waals surface area contributed by atoms with Gasteiger partial charge in [0, 0.05) is 29.9 Å². The second-order valence-corrected chi connectivity index (χ2v) is 7.98. The summed E-state index contributed by atoms with van der Waals surface area (Å²) in [5.41, 5.74) is 1.58. The molecule has 2 fully saturated rings. The van der Waals surface area contributed by atoms with E-state index in [0.29, 0.717) is 0 Å². The second-order valence-electron chi connectivity index (χ2n) is 7.98. The predicted molar refractivity (Wildman–Crippen MR) is 113 cm³/mol. The number of cyclic esters (lactones) is 1. The van der Waals surface area contributed by atoms with Gasteiger partial charge in [0.2, 0.25) is 0 Å². The topological polar surface area (TPSA) is 80.9 Å². The van der Waals surface area contributed by atoms with Gasteiger partial charge in [0.05, 0.1) is 12.6 Å². The lowest BCUT2D eigenvalue weighted by atomic mass is 9.88. The standard InChI is InChI=1S/C24H24N2O5/c1-2-29-23(28)24(12-17-14-25-19-11-7-6-10-18(17)19)13-20-22(27)30-15-21(26(20)31-24)16-8-4-3-5-9-16/h3-11,14,20-21,25H,2,12-13,15H2,1H3. The van der Waals surface area contributed by atoms with Crippen LogP contribution in [0, 0.1) is 0 Å². The highest BCUT2D eigenvalue weighted by Gasteiger charge is 2.58. The largest absolute Gasteiger partial charge is 0.464 e. The summed E-state index contributed by atoms with van der Waals surface area (Å²) in [6.45, 7) is 2.17. The van der Waals surface area contributed by atoms with Crippen LogP contribution in [0.25, 0.3) is 10.9 Å². The highest BCUT2D eigenvalue weighted by molar-refractivity contribution is 5.87. The van der Waals surface area contributed by atoms with Crippen LogP contribution in [0.15, 0.2) is 60.8 Å². The lowest BCUT2D eigenvalue weighted by Gasteiger charge is -2.35. The quantitative estimate of drug-likeness (QED) is 0.638. The first-order chi connectivity index (χ1) is 15.1. The molecular weight excluding hydrogens is 396 g/mol. The Hall–Kier alpha value is -3.16. The Balaban J connectivity index is 1.53. The molecule has 0 spiro atoms. The zero-order chi connectivity index (χ0) is 21.4. The van der Waals surface area contributed by atoms with Gasteiger partial charge in [-0.25, -0.2) is 4.79 Å². The predicted octanol–water partition coefficient (Wildman–Crippen LogP) is 3.32. The zero-order valence-electron chi connectivity index (χ0n) is 17.2. The monoisotopic (exact) mass is 420 g/mol. The number of carbonyl (C=O) groups is 2. The summed E-state index contributed by atoms with van der Waals surface area (Å²) in [5.74, 6) is -0.841. The van der Waals surface area contributed by atoms with Crippen LogP contribution < -0.4 is 0 Å². The highest BCUT2D eigenvalue weighted by atomic mass is 16.7. The van der Waals surface area contributed by atoms with Crippen LogP contribution in [0.1, 0.15) is 30.5 Å². The minimum Gasteiger partial charge on any atom is -0.464 e. The van der Waals surface area contributed by atoms with Crippen molar-refractivity contribution in [2.75, 3.05) is 13.2 Å². The molecule has 5 rings (SSSR count). The van der Waals surface area contributed by atoms with Gasteiger partial charge in [0.25, 0.3) is 0 Å². The zero-order valence-corrected chi connectivity index (χ0v) is 17.2. The third-order valence-electron chi connectivity index (χ3n) is 6.06. The van der Waals surface area contributed by atoms with Crippen LogP contribution >= 0.6 is 0 Å². The number of aromatic amines is 1. The fourth-order valence-electron chi connectivity index (χ4n) is 4.57. The van der Waals surface area contributed by atoms with Gasteiger partial charge in [0.1, 0.15) is 12.6 Å². The maximum absolute atomic E-state index is 13.2. The van der Waals surface area contributed by atoms with Crippen molar-refractivity contribution in [1.82, 2.24) is 10.0 Å². The maximum Gasteiger partial charge on any atom is 0.341 e. The summed E-state index contributed by atoms with van der Waals surface area (Å²) in [7, 11) is 0. The van der Waals surface area contributed by atoms with Gasteiger partial charge in [-0.15, -0.1) is 0 Å². The number of benzene rings is 2. The van der Waals surface area contributed by atoms with E-state index in [1.165, 1.54) is 0 Å². The Morgan fingerprint density at radius 2 is 1.94 bits per heavy atom. The van der Waals surface area contributed by atoms with E-state index in [2.05, 4.69) is 4.98 Å². The number of fused-ring (bicyclic) bond motifs is 2. The number of rotatable bonds is 5. The molecule has 2 saturated heterocycles. The Kier molecular flexibility index (Phi) is 5.00. The molecule has 31 heavy (non-hydrogen) atoms. The molecule has 2 aliphatic heterocycles. The van der Waals surface area contributed by atoms with Gasteiger partial charge >= 0.3 is 11.9 Å². The van der Waals surface area contributed by atoms with Crippen LogP contribution in [-0.2, 0) is 30.3 Å². The van der Waals surface area contributed by atoms with Gasteiger partial charge in [-0.3, -0.25) is 9.63 Å². The molecule has 160 valence electrons. The van der Waals surface area contributed by atoms with E-state index < -0.39 is 17.6 Å². The van der Waals surface area contributed by atoms with Crippen LogP contribution in [0.5, 0.6) is 0 Å². The average molecular weight is 420 g/mol. The molecule has 2 aromatic carbocycles. The smallest absolute Gasteiger partial charge is 0.341 e. The summed E-state index contributed by atoms with van der Waals surface area (Å²) in [4.78, 5) is 35.4. The molecule has 7 heteroatoms. The molecule has 0 bridgehead atoms. The Labute approximate surface area is 179 Å². The Bertz CT molecular complexity index is 1110. The summed E-state index contributed by atoms with van der Waals surface area (Å²) in [6.07, 6.45) is 2.35. The van der Waals surface area contributed by atoms with Gasteiger partial charge in [-0.2, -0.15) is 5.06 Å². The molecule has 3 aromatic rings. The highest BCUT2D eigenvalue weighted by Crippen LogP contribution is 2.43. The Morgan fingerprint density at radius 3 is 2.74 bits per heavy atom. The Morgan fingerprint density at radius 1 is 1.16 bits per heavy atom. The van der Waals surface area contributed by atoms with Crippen molar-refractivity contribution in [2.24, 2.45) is 0 Å². The third-order valence-corrected chi connectivity index (χ3v) is 6.06. The SMILES string of the molecule is CCOC(=O)C1(Cc2c[nH]c3ccccc23)CC2C(=O)OCC(c3ccccc3)N2O1. The number of aromatic nitrogens is 1. The number of hydroxylamine groups is 2. The van der Waals surface area contributed by atoms with Crippen molar-refractivity contribution in [3.63, 3.8) is 0 Å². The molecule has 0 saturated carbocycles. The third kappa shape index (κ3) is 3.40. The summed E-state index contributed by atoms with van der Waals surface area (Å²) in [5, 5.41) is 2.66. The second kappa shape index (κ2) is 7.83. The van der Waals surface area contributed by atoms with Crippen LogP contribution in [0.3, 0.4) is 0 Å². The van der Waals surface area contributed by atoms with Crippen molar-refractivity contribution >= 4 is 22.8 Å². The van der Waals surface area contributed by atoms with E-state index in [0.717, 1.165) is 22.0 Å². The van der Waals surface area contributed by atoms with Gasteiger partial charge < -0.3 is 14.5 Å². The van der Waals surface area contributed by atoms with Crippen molar-refractivity contribution in [2.45, 2.75) is 37.5 Å². The number of morpholine rings is 1. The summed E-state index contributed by atoms with van der Waals surface area (Å²) < 4.78 is 10.9. The van der Waals surface area contributed by atoms with E-state index >= 15 is 0 Å². The average Bonchev–Trinajstić information content (AvgIpc) is 3.38. The van der Waals surface area contributed by atoms with Crippen molar-refractivity contribution in [1.29, 1.82) is 0 Å².